The summed E-state index contributed by atoms with van der Waals surface area (Å²) >= 11 is 0. The van der Waals surface area contributed by atoms with E-state index in [9.17, 15) is 9.59 Å². The zero-order valence-corrected chi connectivity index (χ0v) is 12.7. The second-order valence-electron chi connectivity index (χ2n) is 5.77. The van der Waals surface area contributed by atoms with Crippen LogP contribution in [0.5, 0.6) is 5.75 Å². The average Bonchev–Trinajstić information content (AvgIpc) is 2.46. The van der Waals surface area contributed by atoms with Crippen molar-refractivity contribution < 1.29 is 19.4 Å². The summed E-state index contributed by atoms with van der Waals surface area (Å²) in [6, 6.07) is 7.51. The number of rotatable bonds is 9. The number of benzene rings is 1. The molecule has 5 heteroatoms. The van der Waals surface area contributed by atoms with Gasteiger partial charge in [-0.05, 0) is 42.9 Å². The topological polar surface area (TPSA) is 75.6 Å². The zero-order chi connectivity index (χ0) is 15.8. The minimum atomic E-state index is -0.809. The van der Waals surface area contributed by atoms with E-state index < -0.39 is 5.97 Å². The average molecular weight is 305 g/mol. The van der Waals surface area contributed by atoms with Gasteiger partial charge in [0.15, 0.2) is 0 Å². The van der Waals surface area contributed by atoms with Crippen LogP contribution in [0.2, 0.25) is 0 Å². The van der Waals surface area contributed by atoms with Crippen LogP contribution in [0.3, 0.4) is 0 Å². The standard InChI is InChI=1S/C17H23NO4/c19-16(11-13-3-1-4-13)18-12-14-6-8-15(9-7-14)22-10-2-5-17(20)21/h6-9,13H,1-5,10-12H2,(H,18,19)(H,20,21). The summed E-state index contributed by atoms with van der Waals surface area (Å²) < 4.78 is 5.46. The second-order valence-corrected chi connectivity index (χ2v) is 5.77. The van der Waals surface area contributed by atoms with Crippen molar-refractivity contribution in [1.82, 2.24) is 5.32 Å². The number of nitrogens with one attached hydrogen (secondary N) is 1. The normalized spacial score (nSPS) is 14.2. The van der Waals surface area contributed by atoms with Gasteiger partial charge in [-0.25, -0.2) is 0 Å². The maximum absolute atomic E-state index is 11.7. The van der Waals surface area contributed by atoms with Crippen molar-refractivity contribution in [2.45, 2.75) is 45.1 Å². The van der Waals surface area contributed by atoms with E-state index in [1.54, 1.807) is 0 Å². The predicted octanol–water partition coefficient (Wildman–Crippen LogP) is 2.74. The molecule has 0 aliphatic heterocycles. The van der Waals surface area contributed by atoms with Crippen molar-refractivity contribution >= 4 is 11.9 Å². The highest BCUT2D eigenvalue weighted by Gasteiger charge is 2.20. The Labute approximate surface area is 130 Å². The summed E-state index contributed by atoms with van der Waals surface area (Å²) in [5.74, 6) is 0.617. The predicted molar refractivity (Wildman–Crippen MR) is 82.6 cm³/mol. The molecule has 22 heavy (non-hydrogen) atoms. The van der Waals surface area contributed by atoms with Crippen molar-refractivity contribution in [1.29, 1.82) is 0 Å². The molecule has 0 unspecified atom stereocenters. The summed E-state index contributed by atoms with van der Waals surface area (Å²) in [6.07, 6.45) is 4.87. The van der Waals surface area contributed by atoms with Crippen LogP contribution in [0, 0.1) is 5.92 Å². The van der Waals surface area contributed by atoms with Gasteiger partial charge in [0.25, 0.3) is 0 Å². The van der Waals surface area contributed by atoms with Crippen LogP contribution in [0.1, 0.15) is 44.1 Å². The van der Waals surface area contributed by atoms with Crippen LogP contribution in [-0.2, 0) is 16.1 Å². The molecule has 0 atom stereocenters. The minimum absolute atomic E-state index is 0.116. The monoisotopic (exact) mass is 305 g/mol. The molecule has 1 aromatic carbocycles. The summed E-state index contributed by atoms with van der Waals surface area (Å²) in [7, 11) is 0. The number of aliphatic carboxylic acids is 1. The molecule has 2 rings (SSSR count). The molecule has 1 aromatic rings. The Hall–Kier alpha value is -2.04. The van der Waals surface area contributed by atoms with E-state index in [4.69, 9.17) is 9.84 Å². The van der Waals surface area contributed by atoms with Gasteiger partial charge in [0.2, 0.25) is 5.91 Å². The van der Waals surface area contributed by atoms with Gasteiger partial charge in [-0.3, -0.25) is 9.59 Å². The van der Waals surface area contributed by atoms with E-state index in [1.165, 1.54) is 19.3 Å². The number of carbonyl (C=O) groups excluding carboxylic acids is 1. The molecule has 0 radical (unpaired) electrons. The first-order valence-corrected chi connectivity index (χ1v) is 7.83. The lowest BCUT2D eigenvalue weighted by Gasteiger charge is -2.24. The van der Waals surface area contributed by atoms with Gasteiger partial charge in [-0.1, -0.05) is 18.6 Å². The lowest BCUT2D eigenvalue weighted by molar-refractivity contribution is -0.137. The number of ether oxygens (including phenoxy) is 1. The number of carboxylic acids is 1. The van der Waals surface area contributed by atoms with E-state index in [0.717, 1.165) is 11.3 Å². The Balaban J connectivity index is 1.65. The molecule has 1 saturated carbocycles. The van der Waals surface area contributed by atoms with Crippen molar-refractivity contribution in [3.63, 3.8) is 0 Å². The van der Waals surface area contributed by atoms with E-state index in [0.29, 0.717) is 31.9 Å². The summed E-state index contributed by atoms with van der Waals surface area (Å²) in [6.45, 7) is 0.925. The first-order chi connectivity index (χ1) is 10.6. The Bertz CT molecular complexity index is 494. The molecular weight excluding hydrogens is 282 g/mol. The molecule has 0 heterocycles. The highest BCUT2D eigenvalue weighted by Crippen LogP contribution is 2.29. The first kappa shape index (κ1) is 16.3. The third-order valence-electron chi connectivity index (χ3n) is 3.92. The van der Waals surface area contributed by atoms with Gasteiger partial charge in [0, 0.05) is 19.4 Å². The molecule has 1 amide bonds. The number of hydrogen-bond donors (Lipinski definition) is 2. The summed E-state index contributed by atoms with van der Waals surface area (Å²) in [5, 5.41) is 11.5. The molecule has 0 spiro atoms. The smallest absolute Gasteiger partial charge is 0.303 e. The van der Waals surface area contributed by atoms with Gasteiger partial charge >= 0.3 is 5.97 Å². The van der Waals surface area contributed by atoms with Crippen molar-refractivity contribution in [3.05, 3.63) is 29.8 Å². The quantitative estimate of drug-likeness (QED) is 0.688. The lowest BCUT2D eigenvalue weighted by Crippen LogP contribution is -2.27. The van der Waals surface area contributed by atoms with Crippen LogP contribution in [0.25, 0.3) is 0 Å². The number of amides is 1. The van der Waals surface area contributed by atoms with Gasteiger partial charge in [0.1, 0.15) is 5.75 Å². The first-order valence-electron chi connectivity index (χ1n) is 7.83. The van der Waals surface area contributed by atoms with Crippen LogP contribution >= 0.6 is 0 Å². The minimum Gasteiger partial charge on any atom is -0.494 e. The molecule has 1 fully saturated rings. The Morgan fingerprint density at radius 2 is 1.95 bits per heavy atom. The van der Waals surface area contributed by atoms with Gasteiger partial charge in [-0.15, -0.1) is 0 Å². The Morgan fingerprint density at radius 3 is 2.55 bits per heavy atom. The number of carboxylic acid groups (broad SMARTS) is 1. The van der Waals surface area contributed by atoms with Gasteiger partial charge in [0.05, 0.1) is 6.61 Å². The fourth-order valence-corrected chi connectivity index (χ4v) is 2.35. The molecule has 120 valence electrons. The molecule has 0 bridgehead atoms. The summed E-state index contributed by atoms with van der Waals surface area (Å²) in [5.41, 5.74) is 1.03. The van der Waals surface area contributed by atoms with Crippen LogP contribution in [0.15, 0.2) is 24.3 Å². The van der Waals surface area contributed by atoms with Crippen LogP contribution in [0.4, 0.5) is 0 Å². The highest BCUT2D eigenvalue weighted by molar-refractivity contribution is 5.76. The molecule has 1 aliphatic rings. The third-order valence-corrected chi connectivity index (χ3v) is 3.92. The highest BCUT2D eigenvalue weighted by atomic mass is 16.5. The molecule has 1 aliphatic carbocycles. The maximum atomic E-state index is 11.7. The fraction of sp³-hybridized carbons (Fsp3) is 0.529. The van der Waals surface area contributed by atoms with E-state index in [-0.39, 0.29) is 12.3 Å². The third kappa shape index (κ3) is 5.76. The van der Waals surface area contributed by atoms with E-state index in [2.05, 4.69) is 5.32 Å². The van der Waals surface area contributed by atoms with Crippen molar-refractivity contribution in [2.75, 3.05) is 6.61 Å². The lowest BCUT2D eigenvalue weighted by atomic mass is 9.83. The number of hydrogen-bond acceptors (Lipinski definition) is 3. The van der Waals surface area contributed by atoms with Crippen LogP contribution in [-0.4, -0.2) is 23.6 Å². The number of carbonyl (C=O) groups is 2. The van der Waals surface area contributed by atoms with E-state index >= 15 is 0 Å². The Morgan fingerprint density at radius 1 is 1.23 bits per heavy atom. The molecule has 0 aromatic heterocycles. The largest absolute Gasteiger partial charge is 0.494 e. The van der Waals surface area contributed by atoms with Gasteiger partial charge < -0.3 is 15.2 Å². The Kier molecular flexibility index (Phi) is 6.25. The van der Waals surface area contributed by atoms with E-state index in [1.807, 2.05) is 24.3 Å². The maximum Gasteiger partial charge on any atom is 0.303 e. The van der Waals surface area contributed by atoms with Gasteiger partial charge in [-0.2, -0.15) is 0 Å². The summed E-state index contributed by atoms with van der Waals surface area (Å²) in [4.78, 5) is 22.1. The zero-order valence-electron chi connectivity index (χ0n) is 12.7. The van der Waals surface area contributed by atoms with Crippen LogP contribution < -0.4 is 10.1 Å². The van der Waals surface area contributed by atoms with Crippen molar-refractivity contribution in [2.24, 2.45) is 5.92 Å². The SMILES string of the molecule is O=C(O)CCCOc1ccc(CNC(=O)CC2CCC2)cc1. The van der Waals surface area contributed by atoms with Crippen molar-refractivity contribution in [3.8, 4) is 5.75 Å². The molecule has 5 nitrogen and oxygen atoms in total. The fourth-order valence-electron chi connectivity index (χ4n) is 2.35. The molecule has 0 saturated heterocycles. The molecule has 2 N–H and O–H groups in total. The molecular formula is C17H23NO4. The second kappa shape index (κ2) is 8.41.